The van der Waals surface area contributed by atoms with Crippen LogP contribution in [0.2, 0.25) is 4.34 Å². The van der Waals surface area contributed by atoms with Crippen LogP contribution in [-0.4, -0.2) is 27.1 Å². The van der Waals surface area contributed by atoms with Crippen molar-refractivity contribution >= 4 is 23.1 Å². The van der Waals surface area contributed by atoms with Crippen LogP contribution in [0.4, 0.5) is 0 Å². The Kier molecular flexibility index (Phi) is 4.16. The second-order valence-electron chi connectivity index (χ2n) is 4.88. The third kappa shape index (κ3) is 3.40. The summed E-state index contributed by atoms with van der Waals surface area (Å²) in [5.41, 5.74) is 0.947. The molecule has 0 aromatic carbocycles. The van der Waals surface area contributed by atoms with E-state index in [1.54, 1.807) is 0 Å². The molecule has 1 aliphatic rings. The number of nitrogens with zero attached hydrogens (tertiary/aromatic N) is 3. The van der Waals surface area contributed by atoms with Crippen molar-refractivity contribution in [2.45, 2.75) is 45.7 Å². The Labute approximate surface area is 106 Å². The molecule has 1 aromatic rings. The van der Waals surface area contributed by atoms with E-state index in [2.05, 4.69) is 28.3 Å². The van der Waals surface area contributed by atoms with Gasteiger partial charge < -0.3 is 0 Å². The third-order valence-corrected chi connectivity index (χ3v) is 3.90. The summed E-state index contributed by atoms with van der Waals surface area (Å²) in [5, 5.41) is 4.09. The van der Waals surface area contributed by atoms with Crippen LogP contribution in [0.1, 0.15) is 38.8 Å². The van der Waals surface area contributed by atoms with Crippen molar-refractivity contribution < 1.29 is 0 Å². The number of hydrogen-bond donors (Lipinski definition) is 0. The fourth-order valence-electron chi connectivity index (χ4n) is 1.74. The molecule has 16 heavy (non-hydrogen) atoms. The quantitative estimate of drug-likeness (QED) is 0.786. The smallest absolute Gasteiger partial charge is 0.138 e. The Bertz CT molecular complexity index is 336. The highest BCUT2D eigenvalue weighted by Gasteiger charge is 2.29. The minimum Gasteiger partial charge on any atom is -0.294 e. The van der Waals surface area contributed by atoms with Gasteiger partial charge in [0.05, 0.1) is 0 Å². The largest absolute Gasteiger partial charge is 0.294 e. The molecule has 2 rings (SSSR count). The van der Waals surface area contributed by atoms with Gasteiger partial charge in [0, 0.05) is 24.1 Å². The van der Waals surface area contributed by atoms with Gasteiger partial charge in [0.15, 0.2) is 0 Å². The van der Waals surface area contributed by atoms with Crippen molar-refractivity contribution in [3.8, 4) is 0 Å². The Morgan fingerprint density at radius 1 is 1.50 bits per heavy atom. The lowest BCUT2D eigenvalue weighted by Crippen LogP contribution is -2.27. The summed E-state index contributed by atoms with van der Waals surface area (Å²) in [4.78, 5) is 2.50. The number of aromatic nitrogens is 2. The molecule has 0 aliphatic heterocycles. The second-order valence-corrected chi connectivity index (χ2v) is 6.23. The van der Waals surface area contributed by atoms with E-state index in [9.17, 15) is 0 Å². The van der Waals surface area contributed by atoms with Gasteiger partial charge in [-0.15, -0.1) is 5.10 Å². The first kappa shape index (κ1) is 12.3. The number of halogens is 1. The first-order valence-electron chi connectivity index (χ1n) is 5.87. The summed E-state index contributed by atoms with van der Waals surface area (Å²) in [6, 6.07) is 0.761. The van der Waals surface area contributed by atoms with Gasteiger partial charge in [-0.1, -0.05) is 29.9 Å². The van der Waals surface area contributed by atoms with Crippen molar-refractivity contribution in [3.05, 3.63) is 10.0 Å². The average molecular weight is 260 g/mol. The van der Waals surface area contributed by atoms with Crippen LogP contribution in [-0.2, 0) is 6.54 Å². The molecule has 1 saturated carbocycles. The summed E-state index contributed by atoms with van der Waals surface area (Å²) in [5.74, 6) is 0.755. The average Bonchev–Trinajstić information content (AvgIpc) is 2.99. The van der Waals surface area contributed by atoms with Crippen LogP contribution < -0.4 is 0 Å². The van der Waals surface area contributed by atoms with E-state index < -0.39 is 0 Å². The molecule has 0 saturated heterocycles. The highest BCUT2D eigenvalue weighted by molar-refractivity contribution is 7.10. The Morgan fingerprint density at radius 2 is 2.25 bits per heavy atom. The molecule has 0 bridgehead atoms. The van der Waals surface area contributed by atoms with Crippen molar-refractivity contribution in [1.82, 2.24) is 14.5 Å². The number of rotatable bonds is 6. The molecule has 0 amide bonds. The highest BCUT2D eigenvalue weighted by Crippen LogP contribution is 2.30. The summed E-state index contributed by atoms with van der Waals surface area (Å²) in [6.45, 7) is 6.55. The standard InChI is InChI=1S/C11H18ClN3S/c1-8(2)5-6-15(9-3-4-9)7-10-11(12)16-14-13-10/h8-9H,3-7H2,1-2H3. The predicted molar refractivity (Wildman–Crippen MR) is 67.8 cm³/mol. The van der Waals surface area contributed by atoms with Crippen molar-refractivity contribution in [3.63, 3.8) is 0 Å². The molecule has 1 heterocycles. The zero-order valence-electron chi connectivity index (χ0n) is 9.82. The van der Waals surface area contributed by atoms with Gasteiger partial charge in [0.25, 0.3) is 0 Å². The second kappa shape index (κ2) is 5.43. The molecule has 1 fully saturated rings. The highest BCUT2D eigenvalue weighted by atomic mass is 35.5. The van der Waals surface area contributed by atoms with Gasteiger partial charge in [0.1, 0.15) is 10.0 Å². The van der Waals surface area contributed by atoms with Crippen LogP contribution in [0.15, 0.2) is 0 Å². The predicted octanol–water partition coefficient (Wildman–Crippen LogP) is 3.20. The first-order chi connectivity index (χ1) is 7.66. The molecule has 90 valence electrons. The lowest BCUT2D eigenvalue weighted by atomic mass is 10.1. The Balaban J connectivity index is 1.90. The van der Waals surface area contributed by atoms with Gasteiger partial charge in [0.2, 0.25) is 0 Å². The summed E-state index contributed by atoms with van der Waals surface area (Å²) < 4.78 is 4.63. The van der Waals surface area contributed by atoms with Crippen molar-refractivity contribution in [1.29, 1.82) is 0 Å². The minimum atomic E-state index is 0.746. The lowest BCUT2D eigenvalue weighted by Gasteiger charge is -2.21. The molecule has 0 N–H and O–H groups in total. The summed E-state index contributed by atoms with van der Waals surface area (Å²) >= 11 is 7.32. The Morgan fingerprint density at radius 3 is 2.75 bits per heavy atom. The van der Waals surface area contributed by atoms with Gasteiger partial charge in [-0.05, 0) is 31.7 Å². The molecule has 0 spiro atoms. The molecular formula is C11H18ClN3S. The molecule has 0 atom stereocenters. The van der Waals surface area contributed by atoms with Gasteiger partial charge in [-0.3, -0.25) is 4.90 Å². The maximum atomic E-state index is 6.04. The normalized spacial score (nSPS) is 16.3. The molecule has 1 aliphatic carbocycles. The third-order valence-electron chi connectivity index (χ3n) is 2.92. The van der Waals surface area contributed by atoms with Crippen molar-refractivity contribution in [2.75, 3.05) is 6.54 Å². The molecule has 5 heteroatoms. The van der Waals surface area contributed by atoms with E-state index in [4.69, 9.17) is 11.6 Å². The molecule has 3 nitrogen and oxygen atoms in total. The lowest BCUT2D eigenvalue weighted by molar-refractivity contribution is 0.237. The van der Waals surface area contributed by atoms with E-state index in [-0.39, 0.29) is 0 Å². The van der Waals surface area contributed by atoms with Crippen LogP contribution in [0.25, 0.3) is 0 Å². The minimum absolute atomic E-state index is 0.746. The first-order valence-corrected chi connectivity index (χ1v) is 7.02. The monoisotopic (exact) mass is 259 g/mol. The fourth-order valence-corrected chi connectivity index (χ4v) is 2.35. The van der Waals surface area contributed by atoms with Crippen LogP contribution in [0, 0.1) is 5.92 Å². The van der Waals surface area contributed by atoms with Crippen LogP contribution >= 0.6 is 23.1 Å². The van der Waals surface area contributed by atoms with E-state index >= 15 is 0 Å². The summed E-state index contributed by atoms with van der Waals surface area (Å²) in [7, 11) is 0. The van der Waals surface area contributed by atoms with Crippen LogP contribution in [0.5, 0.6) is 0 Å². The topological polar surface area (TPSA) is 29.0 Å². The maximum absolute atomic E-state index is 6.04. The zero-order valence-corrected chi connectivity index (χ0v) is 11.4. The van der Waals surface area contributed by atoms with Gasteiger partial charge in [-0.25, -0.2) is 0 Å². The van der Waals surface area contributed by atoms with E-state index in [0.29, 0.717) is 0 Å². The van der Waals surface area contributed by atoms with Crippen LogP contribution in [0.3, 0.4) is 0 Å². The zero-order chi connectivity index (χ0) is 11.5. The van der Waals surface area contributed by atoms with Gasteiger partial charge >= 0.3 is 0 Å². The van der Waals surface area contributed by atoms with E-state index in [0.717, 1.165) is 35.1 Å². The van der Waals surface area contributed by atoms with Crippen molar-refractivity contribution in [2.24, 2.45) is 5.92 Å². The van der Waals surface area contributed by atoms with Gasteiger partial charge in [-0.2, -0.15) is 0 Å². The number of hydrogen-bond acceptors (Lipinski definition) is 4. The Hall–Kier alpha value is -0.190. The fraction of sp³-hybridized carbons (Fsp3) is 0.818. The van der Waals surface area contributed by atoms with E-state index in [1.165, 1.54) is 30.8 Å². The summed E-state index contributed by atoms with van der Waals surface area (Å²) in [6.07, 6.45) is 3.90. The molecule has 1 aromatic heterocycles. The maximum Gasteiger partial charge on any atom is 0.138 e. The molecular weight excluding hydrogens is 242 g/mol. The molecule has 0 unspecified atom stereocenters. The SMILES string of the molecule is CC(C)CCN(Cc1nnsc1Cl)C1CC1. The molecule has 0 radical (unpaired) electrons. The van der Waals surface area contributed by atoms with E-state index in [1.807, 2.05) is 0 Å².